The molecule has 0 unspecified atom stereocenters. The molecule has 0 aromatic heterocycles. The van der Waals surface area contributed by atoms with Gasteiger partial charge in [-0.05, 0) is 29.7 Å². The molecule has 1 aromatic rings. The lowest BCUT2D eigenvalue weighted by atomic mass is 9.74. The highest BCUT2D eigenvalue weighted by Crippen LogP contribution is 2.40. The number of aromatic carboxylic acids is 1. The first-order valence-corrected chi connectivity index (χ1v) is 6.29. The fourth-order valence-corrected chi connectivity index (χ4v) is 2.43. The van der Waals surface area contributed by atoms with Gasteiger partial charge in [-0.3, -0.25) is 0 Å². The zero-order chi connectivity index (χ0) is 14.9. The van der Waals surface area contributed by atoms with Crippen molar-refractivity contribution in [1.29, 1.82) is 0 Å². The van der Waals surface area contributed by atoms with Crippen LogP contribution in [0.3, 0.4) is 0 Å². The van der Waals surface area contributed by atoms with Crippen LogP contribution >= 0.6 is 0 Å². The van der Waals surface area contributed by atoms with Crippen LogP contribution in [0.1, 0.15) is 36.2 Å². The van der Waals surface area contributed by atoms with Gasteiger partial charge in [-0.15, -0.1) is 0 Å². The molecule has 0 spiro atoms. The number of benzene rings is 1. The molecule has 4 nitrogen and oxygen atoms in total. The van der Waals surface area contributed by atoms with Crippen LogP contribution in [-0.2, 0) is 4.79 Å². The Morgan fingerprint density at radius 2 is 1.60 bits per heavy atom. The van der Waals surface area contributed by atoms with Crippen molar-refractivity contribution >= 4 is 17.5 Å². The number of hydrogen-bond donors (Lipinski definition) is 2. The Morgan fingerprint density at radius 3 is 2.05 bits per heavy atom. The Hall–Kier alpha value is -2.36. The molecule has 1 aliphatic carbocycles. The lowest BCUT2D eigenvalue weighted by Crippen LogP contribution is -2.23. The largest absolute Gasteiger partial charge is 0.478 e. The molecule has 4 heteroatoms. The van der Waals surface area contributed by atoms with Crippen LogP contribution in [0.25, 0.3) is 5.57 Å². The fourth-order valence-electron chi connectivity index (χ4n) is 2.43. The zero-order valence-electron chi connectivity index (χ0n) is 11.4. The smallest absolute Gasteiger partial charge is 0.335 e. The van der Waals surface area contributed by atoms with Gasteiger partial charge in [-0.25, -0.2) is 9.59 Å². The Bertz CT molecular complexity index is 618. The van der Waals surface area contributed by atoms with Gasteiger partial charge in [0.1, 0.15) is 0 Å². The molecule has 0 radical (unpaired) electrons. The molecule has 2 N–H and O–H groups in total. The maximum atomic E-state index is 11.2. The van der Waals surface area contributed by atoms with Crippen molar-refractivity contribution in [3.05, 3.63) is 53.1 Å². The van der Waals surface area contributed by atoms with Crippen molar-refractivity contribution in [2.24, 2.45) is 5.41 Å². The van der Waals surface area contributed by atoms with Gasteiger partial charge in [0.25, 0.3) is 0 Å². The third-order valence-corrected chi connectivity index (χ3v) is 3.55. The van der Waals surface area contributed by atoms with Crippen LogP contribution in [-0.4, -0.2) is 22.2 Å². The lowest BCUT2D eigenvalue weighted by Gasteiger charge is -2.30. The third kappa shape index (κ3) is 2.64. The molecule has 0 aliphatic heterocycles. The van der Waals surface area contributed by atoms with Crippen molar-refractivity contribution in [2.45, 2.75) is 20.3 Å². The molecule has 0 heterocycles. The molecule has 104 valence electrons. The van der Waals surface area contributed by atoms with E-state index in [1.54, 1.807) is 36.4 Å². The molecule has 1 aliphatic rings. The fraction of sp³-hybridized carbons (Fsp3) is 0.250. The highest BCUT2D eigenvalue weighted by Gasteiger charge is 2.31. The number of aliphatic carboxylic acids is 1. The highest BCUT2D eigenvalue weighted by molar-refractivity contribution is 5.91. The van der Waals surface area contributed by atoms with Crippen molar-refractivity contribution in [3.63, 3.8) is 0 Å². The first kappa shape index (κ1) is 14.1. The van der Waals surface area contributed by atoms with E-state index in [9.17, 15) is 9.59 Å². The van der Waals surface area contributed by atoms with Crippen LogP contribution in [0.4, 0.5) is 0 Å². The molecule has 0 bridgehead atoms. The predicted octanol–water partition coefficient (Wildman–Crippen LogP) is 3.21. The molecule has 0 saturated heterocycles. The Balaban J connectivity index is 2.35. The van der Waals surface area contributed by atoms with E-state index in [4.69, 9.17) is 10.2 Å². The second kappa shape index (κ2) is 4.96. The van der Waals surface area contributed by atoms with E-state index in [0.717, 1.165) is 11.1 Å². The molecule has 2 rings (SSSR count). The number of rotatable bonds is 3. The van der Waals surface area contributed by atoms with Crippen molar-refractivity contribution in [1.82, 2.24) is 0 Å². The molecular weight excluding hydrogens is 256 g/mol. The Labute approximate surface area is 117 Å². The van der Waals surface area contributed by atoms with Gasteiger partial charge >= 0.3 is 11.9 Å². The molecule has 0 saturated carbocycles. The van der Waals surface area contributed by atoms with Gasteiger partial charge in [-0.2, -0.15) is 0 Å². The first-order valence-electron chi connectivity index (χ1n) is 6.29. The third-order valence-electron chi connectivity index (χ3n) is 3.55. The van der Waals surface area contributed by atoms with E-state index < -0.39 is 17.4 Å². The number of allylic oxidation sites excluding steroid dienone is 3. The van der Waals surface area contributed by atoms with Crippen molar-refractivity contribution in [3.8, 4) is 0 Å². The summed E-state index contributed by atoms with van der Waals surface area (Å²) in [6.07, 6.45) is 4.04. The van der Waals surface area contributed by atoms with Crippen LogP contribution in [0.2, 0.25) is 0 Å². The van der Waals surface area contributed by atoms with Crippen LogP contribution < -0.4 is 0 Å². The van der Waals surface area contributed by atoms with Crippen molar-refractivity contribution < 1.29 is 19.8 Å². The second-order valence-corrected chi connectivity index (χ2v) is 5.52. The Kier molecular flexibility index (Phi) is 3.49. The van der Waals surface area contributed by atoms with Gasteiger partial charge in [0.15, 0.2) is 0 Å². The zero-order valence-corrected chi connectivity index (χ0v) is 11.4. The summed E-state index contributed by atoms with van der Waals surface area (Å²) in [6, 6.07) is 6.62. The normalized spacial score (nSPS) is 17.1. The average Bonchev–Trinajstić information content (AvgIpc) is 2.37. The molecule has 0 fully saturated rings. The van der Waals surface area contributed by atoms with Gasteiger partial charge in [0.2, 0.25) is 0 Å². The molecule has 20 heavy (non-hydrogen) atoms. The minimum absolute atomic E-state index is 0.242. The number of carbonyl (C=O) groups is 2. The number of carboxylic acids is 2. The van der Waals surface area contributed by atoms with Crippen LogP contribution in [0.15, 0.2) is 42.0 Å². The first-order chi connectivity index (χ1) is 9.31. The summed E-state index contributed by atoms with van der Waals surface area (Å²) >= 11 is 0. The molecule has 0 atom stereocenters. The highest BCUT2D eigenvalue weighted by atomic mass is 16.4. The van der Waals surface area contributed by atoms with E-state index in [0.29, 0.717) is 12.0 Å². The quantitative estimate of drug-likeness (QED) is 0.886. The summed E-state index contributed by atoms with van der Waals surface area (Å²) in [5.74, 6) is -1.85. The van der Waals surface area contributed by atoms with Crippen LogP contribution in [0.5, 0.6) is 0 Å². The number of hydrogen-bond acceptors (Lipinski definition) is 2. The minimum atomic E-state index is -0.956. The standard InChI is InChI=1S/C16H16O4/c1-16(2)9-12(7-8-13(16)15(19)20)10-3-5-11(6-4-10)14(17)18/h3-8H,9H2,1-2H3,(H,17,18)(H,19,20). The lowest BCUT2D eigenvalue weighted by molar-refractivity contribution is -0.133. The summed E-state index contributed by atoms with van der Waals surface area (Å²) in [5.41, 5.74) is 2.12. The average molecular weight is 272 g/mol. The van der Waals surface area contributed by atoms with Gasteiger partial charge in [0.05, 0.1) is 5.56 Å². The van der Waals surface area contributed by atoms with Gasteiger partial charge in [-0.1, -0.05) is 38.1 Å². The molecular formula is C16H16O4. The van der Waals surface area contributed by atoms with E-state index in [1.165, 1.54) is 0 Å². The van der Waals surface area contributed by atoms with E-state index in [1.807, 2.05) is 13.8 Å². The Morgan fingerprint density at radius 1 is 1.00 bits per heavy atom. The maximum Gasteiger partial charge on any atom is 0.335 e. The van der Waals surface area contributed by atoms with E-state index in [-0.39, 0.29) is 5.56 Å². The summed E-state index contributed by atoms with van der Waals surface area (Å²) in [4.78, 5) is 22.0. The SMILES string of the molecule is CC1(C)CC(c2ccc(C(=O)O)cc2)=CC=C1C(=O)O. The maximum absolute atomic E-state index is 11.2. The second-order valence-electron chi connectivity index (χ2n) is 5.52. The topological polar surface area (TPSA) is 74.6 Å². The van der Waals surface area contributed by atoms with Crippen LogP contribution in [0, 0.1) is 5.41 Å². The minimum Gasteiger partial charge on any atom is -0.478 e. The summed E-state index contributed by atoms with van der Waals surface area (Å²) in [7, 11) is 0. The number of carboxylic acid groups (broad SMARTS) is 2. The van der Waals surface area contributed by atoms with E-state index >= 15 is 0 Å². The molecule has 1 aromatic carbocycles. The van der Waals surface area contributed by atoms with Gasteiger partial charge in [0, 0.05) is 11.0 Å². The molecule has 0 amide bonds. The van der Waals surface area contributed by atoms with Crippen molar-refractivity contribution in [2.75, 3.05) is 0 Å². The van der Waals surface area contributed by atoms with Gasteiger partial charge < -0.3 is 10.2 Å². The summed E-state index contributed by atoms with van der Waals surface area (Å²) in [5, 5.41) is 18.0. The summed E-state index contributed by atoms with van der Waals surface area (Å²) < 4.78 is 0. The predicted molar refractivity (Wildman–Crippen MR) is 75.5 cm³/mol. The monoisotopic (exact) mass is 272 g/mol. The summed E-state index contributed by atoms with van der Waals surface area (Å²) in [6.45, 7) is 3.79. The van der Waals surface area contributed by atoms with E-state index in [2.05, 4.69) is 0 Å².